The number of aromatic nitrogens is 2. The zero-order chi connectivity index (χ0) is 24.8. The van der Waals surface area contributed by atoms with Gasteiger partial charge in [0.2, 0.25) is 12.4 Å². The number of carbonyl (C=O) groups excluding carboxylic acids is 4. The van der Waals surface area contributed by atoms with Crippen LogP contribution in [0, 0.1) is 0 Å². The van der Waals surface area contributed by atoms with Crippen molar-refractivity contribution in [2.75, 3.05) is 34.4 Å². The normalized spacial score (nSPS) is 14.6. The molecule has 16 heteroatoms. The van der Waals surface area contributed by atoms with Gasteiger partial charge in [-0.1, -0.05) is 0 Å². The molecule has 188 valence electrons. The third-order valence-electron chi connectivity index (χ3n) is 5.10. The number of nitrogens with one attached hydrogen (secondary N) is 4. The summed E-state index contributed by atoms with van der Waals surface area (Å²) in [5, 5.41) is 29.9. The average molecular weight is 530 g/mol. The first-order valence-corrected chi connectivity index (χ1v) is 10.1. The molecule has 2 heterocycles. The van der Waals surface area contributed by atoms with Crippen LogP contribution in [0.3, 0.4) is 0 Å². The predicted molar refractivity (Wildman–Crippen MR) is 125 cm³/mol. The number of fused-ring (bicyclic) bond motifs is 1. The smallest absolute Gasteiger partial charge is 0.550 e. The Hall–Kier alpha value is -3.40. The summed E-state index contributed by atoms with van der Waals surface area (Å²) in [6.45, 7) is 0.544. The molecule has 1 unspecified atom stereocenters. The Balaban J connectivity index is 0.00000324. The van der Waals surface area contributed by atoms with Gasteiger partial charge in [-0.25, -0.2) is 0 Å². The molecule has 1 aliphatic rings. The number of benzene rings is 1. The molecule has 0 saturated heterocycles. The van der Waals surface area contributed by atoms with Crippen LogP contribution in [-0.2, 0) is 14.4 Å². The molecule has 0 fully saturated rings. The second-order valence-corrected chi connectivity index (χ2v) is 7.41. The first-order valence-electron chi connectivity index (χ1n) is 10.1. The zero-order valence-electron chi connectivity index (χ0n) is 18.9. The first-order chi connectivity index (χ1) is 16.2. The van der Waals surface area contributed by atoms with Crippen LogP contribution in [0.15, 0.2) is 29.1 Å². The standard InChI is InChI=1S/C20H23N7O7.Ca.H2O/c21-20-25-16-15(18(32)26-20)27(9-28)12(8-23-16)7-22-11-3-1-10(2-4-11)17(31)24-13(19(33)34)5-6-14(29)30;;/h1-4,9,12-13,22H,5-8H2,(H,24,31)(H,29,30)(H,33,34)(H4,21,23,25,26,32);;1H2/q;+2;/p-2/t12?,13-;;/m1../s1. The number of anilines is 4. The van der Waals surface area contributed by atoms with E-state index in [9.17, 15) is 34.2 Å². The number of rotatable bonds is 10. The van der Waals surface area contributed by atoms with Gasteiger partial charge in [0.25, 0.3) is 11.5 Å². The zero-order valence-corrected chi connectivity index (χ0v) is 21.1. The molecular weight excluding hydrogens is 506 g/mol. The maximum Gasteiger partial charge on any atom is 2.00 e. The number of nitrogens with two attached hydrogens (primary N) is 1. The summed E-state index contributed by atoms with van der Waals surface area (Å²) in [4.78, 5) is 65.4. The van der Waals surface area contributed by atoms with Gasteiger partial charge in [0.15, 0.2) is 11.5 Å². The van der Waals surface area contributed by atoms with Gasteiger partial charge in [-0.3, -0.25) is 19.4 Å². The van der Waals surface area contributed by atoms with Crippen molar-refractivity contribution < 1.29 is 34.9 Å². The van der Waals surface area contributed by atoms with Gasteiger partial charge in [-0.2, -0.15) is 4.98 Å². The Kier molecular flexibility index (Phi) is 11.6. The Morgan fingerprint density at radius 1 is 1.25 bits per heavy atom. The summed E-state index contributed by atoms with van der Waals surface area (Å²) < 4.78 is 0. The monoisotopic (exact) mass is 529 g/mol. The summed E-state index contributed by atoms with van der Waals surface area (Å²) in [7, 11) is 0. The van der Waals surface area contributed by atoms with Gasteiger partial charge < -0.3 is 51.9 Å². The number of nitrogens with zero attached hydrogens (tertiary/aromatic N) is 2. The Bertz CT molecular complexity index is 1160. The minimum absolute atomic E-state index is 0. The Labute approximate surface area is 233 Å². The SMILES string of the molecule is Nc1nc2c(c(=O)[nH]1)N(C=O)C(CNc1ccc(C(=O)N[C@H](CCC(=O)[O-])C(=O)[O-])cc1)CN2.O.[Ca+2]. The fraction of sp³-hybridized carbons (Fsp3) is 0.300. The van der Waals surface area contributed by atoms with Crippen molar-refractivity contribution in [3.63, 3.8) is 0 Å². The number of amides is 2. The van der Waals surface area contributed by atoms with Crippen LogP contribution in [-0.4, -0.2) is 103 Å². The van der Waals surface area contributed by atoms with Crippen molar-refractivity contribution in [3.8, 4) is 0 Å². The summed E-state index contributed by atoms with van der Waals surface area (Å²) in [5.41, 5.74) is 5.75. The summed E-state index contributed by atoms with van der Waals surface area (Å²) in [6, 6.07) is 4.08. The van der Waals surface area contributed by atoms with Crippen LogP contribution in [0.2, 0.25) is 0 Å². The predicted octanol–water partition coefficient (Wildman–Crippen LogP) is -4.61. The van der Waals surface area contributed by atoms with Gasteiger partial charge in [-0.15, -0.1) is 0 Å². The fourth-order valence-electron chi connectivity index (χ4n) is 3.38. The summed E-state index contributed by atoms with van der Waals surface area (Å²) in [6.07, 6.45) is -0.386. The van der Waals surface area contributed by atoms with Crippen molar-refractivity contribution in [3.05, 3.63) is 40.2 Å². The number of aliphatic carboxylic acids is 2. The van der Waals surface area contributed by atoms with Crippen LogP contribution in [0.25, 0.3) is 0 Å². The Morgan fingerprint density at radius 3 is 2.50 bits per heavy atom. The van der Waals surface area contributed by atoms with Gasteiger partial charge in [0, 0.05) is 30.3 Å². The minimum Gasteiger partial charge on any atom is -0.550 e. The van der Waals surface area contributed by atoms with E-state index in [0.717, 1.165) is 0 Å². The molecule has 0 aliphatic carbocycles. The molecular formula is C20H23CaN7O8. The van der Waals surface area contributed by atoms with E-state index in [4.69, 9.17) is 5.73 Å². The van der Waals surface area contributed by atoms with Crippen LogP contribution >= 0.6 is 0 Å². The van der Waals surface area contributed by atoms with Gasteiger partial charge in [0.1, 0.15) is 0 Å². The third kappa shape index (κ3) is 7.55. The van der Waals surface area contributed by atoms with Gasteiger partial charge in [-0.05, 0) is 37.1 Å². The maximum atomic E-state index is 12.3. The number of carbonyl (C=O) groups is 4. The number of hydrogen-bond acceptors (Lipinski definition) is 11. The Morgan fingerprint density at radius 2 is 1.92 bits per heavy atom. The molecule has 8 N–H and O–H groups in total. The number of H-pyrrole nitrogens is 1. The number of hydrogen-bond donors (Lipinski definition) is 5. The molecule has 3 rings (SSSR count). The summed E-state index contributed by atoms with van der Waals surface area (Å²) >= 11 is 0. The van der Waals surface area contributed by atoms with Crippen molar-refractivity contribution in [2.45, 2.75) is 24.9 Å². The van der Waals surface area contributed by atoms with E-state index in [1.54, 1.807) is 12.1 Å². The molecule has 0 saturated carbocycles. The van der Waals surface area contributed by atoms with Crippen molar-refractivity contribution >= 4 is 85.1 Å². The second-order valence-electron chi connectivity index (χ2n) is 7.41. The van der Waals surface area contributed by atoms with E-state index in [1.165, 1.54) is 17.0 Å². The van der Waals surface area contributed by atoms with Crippen molar-refractivity contribution in [1.29, 1.82) is 0 Å². The second kappa shape index (κ2) is 13.6. The molecule has 0 spiro atoms. The molecule has 1 aromatic carbocycles. The molecule has 1 aliphatic heterocycles. The van der Waals surface area contributed by atoms with Gasteiger partial charge in [0.05, 0.1) is 18.1 Å². The molecule has 2 amide bonds. The first kappa shape index (κ1) is 30.6. The van der Waals surface area contributed by atoms with E-state index in [-0.39, 0.29) is 79.2 Å². The van der Waals surface area contributed by atoms with E-state index < -0.39 is 41.9 Å². The van der Waals surface area contributed by atoms with E-state index in [1.807, 2.05) is 0 Å². The largest absolute Gasteiger partial charge is 2.00 e. The topological polar surface area (TPSA) is 257 Å². The van der Waals surface area contributed by atoms with E-state index >= 15 is 0 Å². The molecule has 2 atom stereocenters. The van der Waals surface area contributed by atoms with Gasteiger partial charge >= 0.3 is 37.7 Å². The van der Waals surface area contributed by atoms with Crippen molar-refractivity contribution in [1.82, 2.24) is 15.3 Å². The molecule has 36 heavy (non-hydrogen) atoms. The molecule has 0 radical (unpaired) electrons. The molecule has 1 aromatic heterocycles. The number of carboxylic acid groups (broad SMARTS) is 2. The number of carboxylic acids is 2. The van der Waals surface area contributed by atoms with Crippen LogP contribution in [0.5, 0.6) is 0 Å². The number of nitrogen functional groups attached to an aromatic ring is 1. The van der Waals surface area contributed by atoms with Crippen LogP contribution in [0.1, 0.15) is 23.2 Å². The van der Waals surface area contributed by atoms with E-state index in [2.05, 4.69) is 25.9 Å². The van der Waals surface area contributed by atoms with Crippen LogP contribution in [0.4, 0.5) is 23.1 Å². The molecule has 0 bridgehead atoms. The quantitative estimate of drug-likeness (QED) is 0.144. The molecule has 15 nitrogen and oxygen atoms in total. The maximum absolute atomic E-state index is 12.3. The van der Waals surface area contributed by atoms with E-state index in [0.29, 0.717) is 18.6 Å². The van der Waals surface area contributed by atoms with Crippen molar-refractivity contribution in [2.24, 2.45) is 0 Å². The molecule has 2 aromatic rings. The third-order valence-corrected chi connectivity index (χ3v) is 5.10. The minimum atomic E-state index is -1.60. The fourth-order valence-corrected chi connectivity index (χ4v) is 3.38. The number of aromatic amines is 1. The summed E-state index contributed by atoms with van der Waals surface area (Å²) in [5.74, 6) is -3.63. The average Bonchev–Trinajstić information content (AvgIpc) is 2.79. The van der Waals surface area contributed by atoms with Crippen LogP contribution < -0.4 is 42.4 Å².